The Morgan fingerprint density at radius 1 is 1.18 bits per heavy atom. The van der Waals surface area contributed by atoms with Crippen LogP contribution in [0.2, 0.25) is 4.34 Å². The first-order valence-electron chi connectivity index (χ1n) is 9.00. The smallest absolute Gasteiger partial charge is 0.243 e. The van der Waals surface area contributed by atoms with Crippen LogP contribution < -0.4 is 10.6 Å². The third-order valence-corrected chi connectivity index (χ3v) is 5.37. The first kappa shape index (κ1) is 22.1. The van der Waals surface area contributed by atoms with E-state index >= 15 is 0 Å². The second kappa shape index (κ2) is 10.4. The van der Waals surface area contributed by atoms with Crippen LogP contribution in [0.15, 0.2) is 36.9 Å². The van der Waals surface area contributed by atoms with Crippen molar-refractivity contribution in [3.05, 3.63) is 62.8 Å². The summed E-state index contributed by atoms with van der Waals surface area (Å²) in [6.45, 7) is 10.9. The van der Waals surface area contributed by atoms with Gasteiger partial charge in [0.2, 0.25) is 11.8 Å². The zero-order valence-electron chi connectivity index (χ0n) is 16.5. The summed E-state index contributed by atoms with van der Waals surface area (Å²) in [5, 5.41) is 5.57. The van der Waals surface area contributed by atoms with Crippen LogP contribution in [0.4, 0.5) is 5.69 Å². The van der Waals surface area contributed by atoms with Gasteiger partial charge in [0.15, 0.2) is 0 Å². The van der Waals surface area contributed by atoms with E-state index in [0.29, 0.717) is 13.1 Å². The molecule has 0 aliphatic rings. The van der Waals surface area contributed by atoms with Gasteiger partial charge in [0, 0.05) is 23.7 Å². The number of benzene rings is 1. The second-order valence-electron chi connectivity index (χ2n) is 6.76. The number of rotatable bonds is 9. The Hall–Kier alpha value is -2.15. The molecule has 2 N–H and O–H groups in total. The highest BCUT2D eigenvalue weighted by atomic mass is 35.5. The molecule has 1 heterocycles. The Kier molecular flexibility index (Phi) is 8.23. The largest absolute Gasteiger partial charge is 0.346 e. The molecule has 0 aliphatic heterocycles. The second-order valence-corrected chi connectivity index (χ2v) is 8.56. The number of carbonyl (C=O) groups excluding carboxylic acids is 2. The van der Waals surface area contributed by atoms with Gasteiger partial charge in [0.05, 0.1) is 17.4 Å². The van der Waals surface area contributed by atoms with Gasteiger partial charge in [-0.05, 0) is 44.0 Å². The monoisotopic (exact) mass is 419 g/mol. The molecule has 1 aromatic carbocycles. The molecule has 0 spiro atoms. The minimum atomic E-state index is -0.247. The van der Waals surface area contributed by atoms with E-state index in [0.717, 1.165) is 31.6 Å². The Morgan fingerprint density at radius 3 is 2.43 bits per heavy atom. The van der Waals surface area contributed by atoms with E-state index in [2.05, 4.69) is 17.2 Å². The molecule has 0 unspecified atom stereocenters. The maximum Gasteiger partial charge on any atom is 0.243 e. The average Bonchev–Trinajstić information content (AvgIpc) is 3.01. The molecule has 0 saturated carbocycles. The van der Waals surface area contributed by atoms with Crippen LogP contribution in [-0.2, 0) is 16.1 Å². The molecule has 28 heavy (non-hydrogen) atoms. The third kappa shape index (κ3) is 6.78. The zero-order chi connectivity index (χ0) is 20.7. The third-order valence-electron chi connectivity index (χ3n) is 4.15. The Balaban J connectivity index is 1.86. The predicted molar refractivity (Wildman–Crippen MR) is 117 cm³/mol. The molecule has 0 fully saturated rings. The quantitative estimate of drug-likeness (QED) is 0.602. The van der Waals surface area contributed by atoms with Crippen molar-refractivity contribution in [2.75, 3.05) is 25.0 Å². The first-order valence-corrected chi connectivity index (χ1v) is 10.2. The van der Waals surface area contributed by atoms with E-state index in [1.807, 2.05) is 49.9 Å². The summed E-state index contributed by atoms with van der Waals surface area (Å²) in [5.41, 5.74) is 3.95. The van der Waals surface area contributed by atoms with E-state index < -0.39 is 0 Å². The van der Waals surface area contributed by atoms with Crippen molar-refractivity contribution in [3.63, 3.8) is 0 Å². The molecule has 0 saturated heterocycles. The molecule has 2 aromatic rings. The number of aryl methyl sites for hydroxylation is 3. The molecule has 1 aromatic heterocycles. The van der Waals surface area contributed by atoms with Gasteiger partial charge in [-0.15, -0.1) is 17.9 Å². The van der Waals surface area contributed by atoms with Crippen molar-refractivity contribution in [2.24, 2.45) is 0 Å². The highest BCUT2D eigenvalue weighted by molar-refractivity contribution is 7.16. The lowest BCUT2D eigenvalue weighted by Crippen LogP contribution is -2.40. The number of hydrogen-bond donors (Lipinski definition) is 2. The fourth-order valence-corrected chi connectivity index (χ4v) is 4.15. The minimum Gasteiger partial charge on any atom is -0.346 e. The molecule has 5 nitrogen and oxygen atoms in total. The maximum atomic E-state index is 12.3. The van der Waals surface area contributed by atoms with Gasteiger partial charge in [0.25, 0.3) is 0 Å². The van der Waals surface area contributed by atoms with E-state index in [-0.39, 0.29) is 24.9 Å². The fourth-order valence-electron chi connectivity index (χ4n) is 3.02. The van der Waals surface area contributed by atoms with Gasteiger partial charge in [-0.2, -0.15) is 0 Å². The van der Waals surface area contributed by atoms with E-state index in [4.69, 9.17) is 11.6 Å². The molecule has 150 valence electrons. The number of nitrogens with zero attached hydrogens (tertiary/aromatic N) is 1. The van der Waals surface area contributed by atoms with Gasteiger partial charge in [-0.3, -0.25) is 14.5 Å². The summed E-state index contributed by atoms with van der Waals surface area (Å²) in [7, 11) is 0. The Morgan fingerprint density at radius 2 is 1.86 bits per heavy atom. The van der Waals surface area contributed by atoms with E-state index in [1.54, 1.807) is 6.08 Å². The van der Waals surface area contributed by atoms with Crippen molar-refractivity contribution in [2.45, 2.75) is 27.3 Å². The molecule has 0 radical (unpaired) electrons. The van der Waals surface area contributed by atoms with Crippen LogP contribution in [0.25, 0.3) is 0 Å². The molecular weight excluding hydrogens is 394 g/mol. The summed E-state index contributed by atoms with van der Waals surface area (Å²) in [6, 6.07) is 7.82. The van der Waals surface area contributed by atoms with Crippen LogP contribution in [0.1, 0.15) is 21.6 Å². The number of anilines is 1. The summed E-state index contributed by atoms with van der Waals surface area (Å²) in [6.07, 6.45) is 1.75. The average molecular weight is 420 g/mol. The highest BCUT2D eigenvalue weighted by Crippen LogP contribution is 2.23. The highest BCUT2D eigenvalue weighted by Gasteiger charge is 2.13. The predicted octanol–water partition coefficient (Wildman–Crippen LogP) is 4.07. The lowest BCUT2D eigenvalue weighted by Gasteiger charge is -2.19. The van der Waals surface area contributed by atoms with Crippen LogP contribution in [0.5, 0.6) is 0 Å². The Labute approximate surface area is 175 Å². The fraction of sp³-hybridized carbons (Fsp3) is 0.333. The number of amides is 2. The van der Waals surface area contributed by atoms with Gasteiger partial charge < -0.3 is 10.6 Å². The molecular formula is C21H26ClN3O2S. The minimum absolute atomic E-state index is 0.0711. The molecule has 2 amide bonds. The Bertz CT molecular complexity index is 840. The van der Waals surface area contributed by atoms with Crippen molar-refractivity contribution in [1.29, 1.82) is 0 Å². The van der Waals surface area contributed by atoms with Gasteiger partial charge in [-0.1, -0.05) is 35.4 Å². The van der Waals surface area contributed by atoms with Crippen LogP contribution >= 0.6 is 22.9 Å². The SMILES string of the molecule is C=CCN(CC(=O)NCC(=O)Nc1c(C)cc(C)cc1C)Cc1ccc(Cl)s1. The zero-order valence-corrected chi connectivity index (χ0v) is 18.0. The normalized spacial score (nSPS) is 10.8. The molecule has 7 heteroatoms. The number of carbonyl (C=O) groups is 2. The number of hydrogen-bond acceptors (Lipinski definition) is 4. The lowest BCUT2D eigenvalue weighted by atomic mass is 10.1. The van der Waals surface area contributed by atoms with Crippen LogP contribution in [0, 0.1) is 20.8 Å². The van der Waals surface area contributed by atoms with E-state index in [9.17, 15) is 9.59 Å². The topological polar surface area (TPSA) is 61.4 Å². The number of halogens is 1. The van der Waals surface area contributed by atoms with Crippen LogP contribution in [0.3, 0.4) is 0 Å². The molecule has 2 rings (SSSR count). The first-order chi connectivity index (χ1) is 13.3. The molecule has 0 atom stereocenters. The summed E-state index contributed by atoms with van der Waals surface area (Å²) < 4.78 is 0.719. The van der Waals surface area contributed by atoms with Crippen LogP contribution in [-0.4, -0.2) is 36.3 Å². The number of thiophene rings is 1. The summed E-state index contributed by atoms with van der Waals surface area (Å²) >= 11 is 7.45. The van der Waals surface area contributed by atoms with Gasteiger partial charge >= 0.3 is 0 Å². The lowest BCUT2D eigenvalue weighted by molar-refractivity contribution is -0.125. The standard InChI is InChI=1S/C21H26ClN3O2S/c1-5-8-25(12-17-6-7-18(22)28-17)13-20(27)23-11-19(26)24-21-15(3)9-14(2)10-16(21)4/h5-7,9-10H,1,8,11-13H2,2-4H3,(H,23,27)(H,24,26). The summed E-state index contributed by atoms with van der Waals surface area (Å²) in [4.78, 5) is 27.5. The van der Waals surface area contributed by atoms with Crippen molar-refractivity contribution >= 4 is 40.4 Å². The van der Waals surface area contributed by atoms with Crippen molar-refractivity contribution in [3.8, 4) is 0 Å². The van der Waals surface area contributed by atoms with E-state index in [1.165, 1.54) is 11.3 Å². The maximum absolute atomic E-state index is 12.3. The number of nitrogens with one attached hydrogen (secondary N) is 2. The van der Waals surface area contributed by atoms with Gasteiger partial charge in [0.1, 0.15) is 0 Å². The van der Waals surface area contributed by atoms with Crippen molar-refractivity contribution < 1.29 is 9.59 Å². The summed E-state index contributed by atoms with van der Waals surface area (Å²) in [5.74, 6) is -0.458. The van der Waals surface area contributed by atoms with Crippen molar-refractivity contribution in [1.82, 2.24) is 10.2 Å². The molecule has 0 bridgehead atoms. The molecule has 0 aliphatic carbocycles. The van der Waals surface area contributed by atoms with Gasteiger partial charge in [-0.25, -0.2) is 0 Å².